The highest BCUT2D eigenvalue weighted by Crippen LogP contribution is 2.27. The van der Waals surface area contributed by atoms with Crippen molar-refractivity contribution in [3.05, 3.63) is 35.9 Å². The van der Waals surface area contributed by atoms with Gasteiger partial charge in [0.05, 0.1) is 6.42 Å². The lowest BCUT2D eigenvalue weighted by Crippen LogP contribution is -2.40. The molecule has 1 aliphatic rings. The van der Waals surface area contributed by atoms with E-state index in [1.54, 1.807) is 0 Å². The first-order chi connectivity index (χ1) is 8.20. The first-order valence-corrected chi connectivity index (χ1v) is 6.19. The molecule has 1 aliphatic heterocycles. The summed E-state index contributed by atoms with van der Waals surface area (Å²) in [6.45, 7) is 4.27. The summed E-state index contributed by atoms with van der Waals surface area (Å²) in [6.07, 6.45) is 4.54. The van der Waals surface area contributed by atoms with Crippen LogP contribution >= 0.6 is 0 Å². The van der Waals surface area contributed by atoms with Crippen molar-refractivity contribution in [2.45, 2.75) is 38.6 Å². The number of hydrogen-bond donors (Lipinski definition) is 1. The second-order valence-corrected chi connectivity index (χ2v) is 4.55. The second kappa shape index (κ2) is 4.70. The molecular weight excluding hydrogens is 212 g/mol. The van der Waals surface area contributed by atoms with Crippen molar-refractivity contribution in [2.24, 2.45) is 0 Å². The van der Waals surface area contributed by atoms with Crippen LogP contribution in [0.2, 0.25) is 0 Å². The van der Waals surface area contributed by atoms with Gasteiger partial charge in [0.15, 0.2) is 5.54 Å². The molecule has 0 atom stereocenters. The van der Waals surface area contributed by atoms with Gasteiger partial charge in [0, 0.05) is 18.4 Å². The quantitative estimate of drug-likeness (QED) is 0.794. The maximum Gasteiger partial charge on any atom is 0.281 e. The minimum Gasteiger partial charge on any atom is -0.269 e. The standard InChI is InChI=1S/C14H18N2O/c1-3-14(4-2)10-13(17)15-16(14)11-12-8-6-5-7-9-12/h5-9,11H,3-4,10H2,1-2H3/p+1/b16-11+. The molecule has 1 fully saturated rings. The predicted molar refractivity (Wildman–Crippen MR) is 67.9 cm³/mol. The van der Waals surface area contributed by atoms with Gasteiger partial charge in [-0.3, -0.25) is 4.79 Å². The molecule has 3 heteroatoms. The third-order valence-electron chi connectivity index (χ3n) is 3.64. The number of hydrazine groups is 1. The SMILES string of the molecule is CCC1(CC)CC(=O)N/[N+]1=C/c1ccccc1. The van der Waals surface area contributed by atoms with E-state index in [-0.39, 0.29) is 11.4 Å². The monoisotopic (exact) mass is 231 g/mol. The molecule has 0 bridgehead atoms. The predicted octanol–water partition coefficient (Wildman–Crippen LogP) is 2.11. The fourth-order valence-corrected chi connectivity index (χ4v) is 2.37. The molecule has 90 valence electrons. The van der Waals surface area contributed by atoms with Gasteiger partial charge in [-0.25, -0.2) is 0 Å². The Hall–Kier alpha value is -1.64. The smallest absolute Gasteiger partial charge is 0.269 e. The van der Waals surface area contributed by atoms with Gasteiger partial charge in [0.1, 0.15) is 0 Å². The molecule has 1 amide bonds. The molecule has 1 saturated heterocycles. The zero-order valence-electron chi connectivity index (χ0n) is 10.4. The van der Waals surface area contributed by atoms with Crippen LogP contribution in [0, 0.1) is 0 Å². The number of hydrazone groups is 1. The number of benzene rings is 1. The van der Waals surface area contributed by atoms with Crippen LogP contribution in [-0.2, 0) is 4.79 Å². The number of hydrogen-bond acceptors (Lipinski definition) is 1. The second-order valence-electron chi connectivity index (χ2n) is 4.55. The molecule has 3 nitrogen and oxygen atoms in total. The minimum absolute atomic E-state index is 0.0626. The highest BCUT2D eigenvalue weighted by atomic mass is 16.2. The normalized spacial score (nSPS) is 20.6. The lowest BCUT2D eigenvalue weighted by atomic mass is 9.90. The van der Waals surface area contributed by atoms with Crippen molar-refractivity contribution < 1.29 is 9.48 Å². The average Bonchev–Trinajstić information content (AvgIpc) is 2.67. The molecule has 1 aromatic carbocycles. The Labute approximate surface area is 102 Å². The molecule has 1 N–H and O–H groups in total. The molecule has 17 heavy (non-hydrogen) atoms. The number of nitrogens with zero attached hydrogens (tertiary/aromatic N) is 1. The first kappa shape index (κ1) is 11.8. The van der Waals surface area contributed by atoms with Crippen LogP contribution in [-0.4, -0.2) is 22.3 Å². The van der Waals surface area contributed by atoms with Crippen LogP contribution < -0.4 is 5.43 Å². The van der Waals surface area contributed by atoms with E-state index in [9.17, 15) is 4.79 Å². The van der Waals surface area contributed by atoms with Gasteiger partial charge in [-0.2, -0.15) is 0 Å². The molecule has 0 spiro atoms. The number of nitrogens with one attached hydrogen (secondary N) is 1. The molecule has 0 unspecified atom stereocenters. The van der Waals surface area contributed by atoms with Crippen LogP contribution in [0.3, 0.4) is 0 Å². The summed E-state index contributed by atoms with van der Waals surface area (Å²) in [6, 6.07) is 10.1. The largest absolute Gasteiger partial charge is 0.281 e. The Bertz CT molecular complexity index is 433. The van der Waals surface area contributed by atoms with E-state index in [4.69, 9.17) is 0 Å². The summed E-state index contributed by atoms with van der Waals surface area (Å²) in [5.74, 6) is 0.112. The Balaban J connectivity index is 2.36. The maximum absolute atomic E-state index is 11.6. The Morgan fingerprint density at radius 2 is 1.94 bits per heavy atom. The Morgan fingerprint density at radius 1 is 1.29 bits per heavy atom. The van der Waals surface area contributed by atoms with Crippen molar-refractivity contribution >= 4 is 12.1 Å². The number of carbonyl (C=O) groups excluding carboxylic acids is 1. The van der Waals surface area contributed by atoms with Crippen LogP contribution in [0.1, 0.15) is 38.7 Å². The third-order valence-corrected chi connectivity index (χ3v) is 3.64. The lowest BCUT2D eigenvalue weighted by Gasteiger charge is -2.18. The van der Waals surface area contributed by atoms with Gasteiger partial charge in [0.25, 0.3) is 5.91 Å². The van der Waals surface area contributed by atoms with E-state index in [0.29, 0.717) is 6.42 Å². The van der Waals surface area contributed by atoms with Gasteiger partial charge in [-0.05, 0) is 12.1 Å². The van der Waals surface area contributed by atoms with Gasteiger partial charge in [-0.1, -0.05) is 32.0 Å². The van der Waals surface area contributed by atoms with E-state index in [1.165, 1.54) is 0 Å². The van der Waals surface area contributed by atoms with E-state index in [1.807, 2.05) is 41.2 Å². The van der Waals surface area contributed by atoms with Gasteiger partial charge in [-0.15, -0.1) is 10.1 Å². The summed E-state index contributed by atoms with van der Waals surface area (Å²) < 4.78 is 1.99. The molecule has 2 rings (SSSR count). The fraction of sp³-hybridized carbons (Fsp3) is 0.429. The van der Waals surface area contributed by atoms with E-state index >= 15 is 0 Å². The molecular formula is C14H19N2O+. The zero-order chi connectivity index (χ0) is 12.3. The Kier molecular flexibility index (Phi) is 3.27. The summed E-state index contributed by atoms with van der Waals surface area (Å²) in [4.78, 5) is 11.6. The Morgan fingerprint density at radius 3 is 2.53 bits per heavy atom. The average molecular weight is 231 g/mol. The fourth-order valence-electron chi connectivity index (χ4n) is 2.37. The third kappa shape index (κ3) is 2.23. The summed E-state index contributed by atoms with van der Waals surface area (Å²) >= 11 is 0. The van der Waals surface area contributed by atoms with E-state index < -0.39 is 0 Å². The lowest BCUT2D eigenvalue weighted by molar-refractivity contribution is -0.629. The zero-order valence-corrected chi connectivity index (χ0v) is 10.4. The highest BCUT2D eigenvalue weighted by molar-refractivity contribution is 5.80. The van der Waals surface area contributed by atoms with Gasteiger partial charge in [0.2, 0.25) is 6.21 Å². The topological polar surface area (TPSA) is 32.1 Å². The molecule has 1 aromatic rings. The van der Waals surface area contributed by atoms with Crippen molar-refractivity contribution in [1.82, 2.24) is 5.43 Å². The van der Waals surface area contributed by atoms with Crippen LogP contribution in [0.5, 0.6) is 0 Å². The van der Waals surface area contributed by atoms with E-state index in [2.05, 4.69) is 19.3 Å². The number of carbonyl (C=O) groups is 1. The molecule has 0 aromatic heterocycles. The molecule has 1 heterocycles. The van der Waals surface area contributed by atoms with Crippen LogP contribution in [0.25, 0.3) is 0 Å². The van der Waals surface area contributed by atoms with E-state index in [0.717, 1.165) is 18.4 Å². The summed E-state index contributed by atoms with van der Waals surface area (Å²) in [5.41, 5.74) is 3.98. The first-order valence-electron chi connectivity index (χ1n) is 6.19. The van der Waals surface area contributed by atoms with Crippen LogP contribution in [0.15, 0.2) is 30.3 Å². The number of rotatable bonds is 3. The highest BCUT2D eigenvalue weighted by Gasteiger charge is 2.47. The van der Waals surface area contributed by atoms with Gasteiger partial charge < -0.3 is 0 Å². The minimum atomic E-state index is -0.0626. The molecule has 0 radical (unpaired) electrons. The molecule has 0 aliphatic carbocycles. The van der Waals surface area contributed by atoms with Crippen LogP contribution in [0.4, 0.5) is 0 Å². The molecule has 0 saturated carbocycles. The maximum atomic E-state index is 11.6. The van der Waals surface area contributed by atoms with Crippen molar-refractivity contribution in [1.29, 1.82) is 0 Å². The number of amides is 1. The van der Waals surface area contributed by atoms with Crippen molar-refractivity contribution in [2.75, 3.05) is 0 Å². The summed E-state index contributed by atoms with van der Waals surface area (Å²) in [7, 11) is 0. The summed E-state index contributed by atoms with van der Waals surface area (Å²) in [5, 5.41) is 0. The van der Waals surface area contributed by atoms with Gasteiger partial charge >= 0.3 is 0 Å². The van der Waals surface area contributed by atoms with Crippen molar-refractivity contribution in [3.63, 3.8) is 0 Å². The van der Waals surface area contributed by atoms with Crippen molar-refractivity contribution in [3.8, 4) is 0 Å².